The third-order valence-electron chi connectivity index (χ3n) is 5.47. The highest BCUT2D eigenvalue weighted by atomic mass is 79.9. The van der Waals surface area contributed by atoms with Crippen LogP contribution in [0.4, 0.5) is 0 Å². The van der Waals surface area contributed by atoms with Crippen molar-refractivity contribution >= 4 is 27.8 Å². The number of carboxylic acids is 1. The van der Waals surface area contributed by atoms with Gasteiger partial charge >= 0.3 is 5.97 Å². The molecule has 6 nitrogen and oxygen atoms in total. The fraction of sp³-hybridized carbons (Fsp3) is 0.435. The van der Waals surface area contributed by atoms with Gasteiger partial charge in [0.2, 0.25) is 5.91 Å². The lowest BCUT2D eigenvalue weighted by Gasteiger charge is -2.23. The van der Waals surface area contributed by atoms with E-state index in [-0.39, 0.29) is 30.7 Å². The maximum Gasteiger partial charge on any atom is 0.303 e. The van der Waals surface area contributed by atoms with Crippen molar-refractivity contribution in [1.82, 2.24) is 15.1 Å². The molecule has 3 rings (SSSR count). The molecule has 0 saturated heterocycles. The van der Waals surface area contributed by atoms with E-state index in [4.69, 9.17) is 10.2 Å². The summed E-state index contributed by atoms with van der Waals surface area (Å²) in [5.74, 6) is -0.819. The lowest BCUT2D eigenvalue weighted by atomic mass is 9.85. The van der Waals surface area contributed by atoms with Crippen molar-refractivity contribution in [3.8, 4) is 5.69 Å². The summed E-state index contributed by atoms with van der Waals surface area (Å²) >= 11 is 3.51. The number of halogens is 1. The molecule has 0 bridgehead atoms. The number of benzene rings is 1. The SMILES string of the molecule is Cc1nn(-c2cccc(Br)c2)c(C)c1C1C=CC(NC(=O)CC(C)(C)CC(=O)O)C1. The highest BCUT2D eigenvalue weighted by Gasteiger charge is 2.29. The predicted octanol–water partition coefficient (Wildman–Crippen LogP) is 4.67. The Kier molecular flexibility index (Phi) is 6.50. The molecule has 0 spiro atoms. The van der Waals surface area contributed by atoms with Crippen molar-refractivity contribution in [3.05, 3.63) is 57.8 Å². The van der Waals surface area contributed by atoms with Crippen LogP contribution >= 0.6 is 15.9 Å². The van der Waals surface area contributed by atoms with Gasteiger partial charge in [-0.15, -0.1) is 0 Å². The Labute approximate surface area is 185 Å². The van der Waals surface area contributed by atoms with Gasteiger partial charge in [0.15, 0.2) is 0 Å². The Morgan fingerprint density at radius 1 is 1.27 bits per heavy atom. The van der Waals surface area contributed by atoms with Crippen LogP contribution in [0.3, 0.4) is 0 Å². The van der Waals surface area contributed by atoms with Gasteiger partial charge in [-0.3, -0.25) is 9.59 Å². The third-order valence-corrected chi connectivity index (χ3v) is 5.96. The topological polar surface area (TPSA) is 84.2 Å². The average Bonchev–Trinajstić information content (AvgIpc) is 3.16. The van der Waals surface area contributed by atoms with Gasteiger partial charge in [-0.05, 0) is 43.9 Å². The first-order valence-electron chi connectivity index (χ1n) is 10.1. The minimum Gasteiger partial charge on any atom is -0.481 e. The van der Waals surface area contributed by atoms with Crippen LogP contribution in [0.2, 0.25) is 0 Å². The lowest BCUT2D eigenvalue weighted by molar-refractivity contribution is -0.139. The molecule has 2 unspecified atom stereocenters. The molecule has 1 aromatic carbocycles. The first kappa shape index (κ1) is 22.3. The summed E-state index contributed by atoms with van der Waals surface area (Å²) in [6.07, 6.45) is 5.10. The summed E-state index contributed by atoms with van der Waals surface area (Å²) in [5.41, 5.74) is 3.69. The van der Waals surface area contributed by atoms with Gasteiger partial charge in [0.1, 0.15) is 0 Å². The minimum absolute atomic E-state index is 0.0310. The Balaban J connectivity index is 1.68. The summed E-state index contributed by atoms with van der Waals surface area (Å²) < 4.78 is 2.97. The molecule has 2 aromatic rings. The number of hydrogen-bond donors (Lipinski definition) is 2. The zero-order chi connectivity index (χ0) is 22.1. The summed E-state index contributed by atoms with van der Waals surface area (Å²) in [6.45, 7) is 7.70. The summed E-state index contributed by atoms with van der Waals surface area (Å²) in [4.78, 5) is 23.4. The number of carbonyl (C=O) groups is 2. The van der Waals surface area contributed by atoms with E-state index < -0.39 is 11.4 Å². The number of nitrogens with one attached hydrogen (secondary N) is 1. The normalized spacial score (nSPS) is 18.6. The van der Waals surface area contributed by atoms with Gasteiger partial charge in [0.05, 0.1) is 17.8 Å². The molecule has 0 saturated carbocycles. The molecule has 160 valence electrons. The molecule has 1 amide bonds. The average molecular weight is 474 g/mol. The monoisotopic (exact) mass is 473 g/mol. The van der Waals surface area contributed by atoms with Crippen LogP contribution in [0.15, 0.2) is 40.9 Å². The van der Waals surface area contributed by atoms with E-state index in [0.29, 0.717) is 0 Å². The van der Waals surface area contributed by atoms with Gasteiger partial charge in [-0.2, -0.15) is 5.10 Å². The van der Waals surface area contributed by atoms with E-state index in [2.05, 4.69) is 34.2 Å². The van der Waals surface area contributed by atoms with Crippen molar-refractivity contribution < 1.29 is 14.7 Å². The highest BCUT2D eigenvalue weighted by Crippen LogP contribution is 2.34. The lowest BCUT2D eigenvalue weighted by Crippen LogP contribution is -2.36. The van der Waals surface area contributed by atoms with E-state index >= 15 is 0 Å². The molecule has 0 radical (unpaired) electrons. The van der Waals surface area contributed by atoms with Crippen LogP contribution in [-0.4, -0.2) is 32.8 Å². The molecule has 2 N–H and O–H groups in total. The minimum atomic E-state index is -0.887. The number of carboxylic acid groups (broad SMARTS) is 1. The standard InChI is InChI=1S/C23H28BrN3O3/c1-14-22(15(2)27(26-14)19-7-5-6-17(24)11-19)16-8-9-18(10-16)25-20(28)12-23(3,4)13-21(29)30/h5-9,11,16,18H,10,12-13H2,1-4H3,(H,25,28)(H,29,30). The van der Waals surface area contributed by atoms with Crippen molar-refractivity contribution in [2.75, 3.05) is 0 Å². The molecule has 0 aliphatic heterocycles. The number of aromatic nitrogens is 2. The number of hydrogen-bond acceptors (Lipinski definition) is 3. The van der Waals surface area contributed by atoms with Crippen molar-refractivity contribution in [1.29, 1.82) is 0 Å². The first-order valence-corrected chi connectivity index (χ1v) is 10.9. The van der Waals surface area contributed by atoms with Gasteiger partial charge in [0, 0.05) is 34.1 Å². The molecule has 2 atom stereocenters. The summed E-state index contributed by atoms with van der Waals surface area (Å²) in [7, 11) is 0. The molecule has 0 fully saturated rings. The van der Waals surface area contributed by atoms with Crippen LogP contribution in [0.25, 0.3) is 5.69 Å². The third kappa shape index (κ3) is 5.19. The van der Waals surface area contributed by atoms with Crippen LogP contribution in [0.5, 0.6) is 0 Å². The molecule has 1 aromatic heterocycles. The second kappa shape index (κ2) is 8.76. The zero-order valence-electron chi connectivity index (χ0n) is 17.8. The number of aliphatic carboxylic acids is 1. The fourth-order valence-electron chi connectivity index (χ4n) is 4.24. The zero-order valence-corrected chi connectivity index (χ0v) is 19.4. The van der Waals surface area contributed by atoms with Crippen LogP contribution < -0.4 is 5.32 Å². The smallest absolute Gasteiger partial charge is 0.303 e. The van der Waals surface area contributed by atoms with Crippen LogP contribution in [0.1, 0.15) is 56.0 Å². The number of aryl methyl sites for hydroxylation is 1. The van der Waals surface area contributed by atoms with E-state index in [1.165, 1.54) is 5.56 Å². The van der Waals surface area contributed by atoms with Crippen molar-refractivity contribution in [3.63, 3.8) is 0 Å². The van der Waals surface area contributed by atoms with E-state index in [0.717, 1.165) is 28.0 Å². The van der Waals surface area contributed by atoms with Gasteiger partial charge in [-0.25, -0.2) is 4.68 Å². The largest absolute Gasteiger partial charge is 0.481 e. The molecule has 1 aliphatic rings. The Hall–Kier alpha value is -2.41. The molecular weight excluding hydrogens is 446 g/mol. The Morgan fingerprint density at radius 2 is 2.00 bits per heavy atom. The van der Waals surface area contributed by atoms with Crippen LogP contribution in [-0.2, 0) is 9.59 Å². The molecule has 1 heterocycles. The quantitative estimate of drug-likeness (QED) is 0.572. The fourth-order valence-corrected chi connectivity index (χ4v) is 4.62. The van der Waals surface area contributed by atoms with E-state index in [1.54, 1.807) is 13.8 Å². The number of rotatable bonds is 7. The van der Waals surface area contributed by atoms with Crippen LogP contribution in [0, 0.1) is 19.3 Å². The van der Waals surface area contributed by atoms with Gasteiger partial charge < -0.3 is 10.4 Å². The maximum absolute atomic E-state index is 12.4. The second-order valence-electron chi connectivity index (χ2n) is 8.79. The summed E-state index contributed by atoms with van der Waals surface area (Å²) in [5, 5.41) is 16.8. The predicted molar refractivity (Wildman–Crippen MR) is 120 cm³/mol. The molecule has 1 aliphatic carbocycles. The summed E-state index contributed by atoms with van der Waals surface area (Å²) in [6, 6.07) is 7.98. The number of amides is 1. The van der Waals surface area contributed by atoms with Gasteiger partial charge in [0.25, 0.3) is 0 Å². The molecule has 30 heavy (non-hydrogen) atoms. The number of allylic oxidation sites excluding steroid dienone is 1. The highest BCUT2D eigenvalue weighted by molar-refractivity contribution is 9.10. The van der Waals surface area contributed by atoms with Gasteiger partial charge in [-0.1, -0.05) is 48.0 Å². The maximum atomic E-state index is 12.4. The molecular formula is C23H28BrN3O3. The number of carbonyl (C=O) groups excluding carboxylic acids is 1. The Bertz CT molecular complexity index is 994. The second-order valence-corrected chi connectivity index (χ2v) is 9.70. The first-order chi connectivity index (χ1) is 14.1. The number of nitrogens with zero attached hydrogens (tertiary/aromatic N) is 2. The van der Waals surface area contributed by atoms with Crippen molar-refractivity contribution in [2.45, 2.75) is 58.9 Å². The van der Waals surface area contributed by atoms with Crippen molar-refractivity contribution in [2.24, 2.45) is 5.41 Å². The van der Waals surface area contributed by atoms with E-state index in [1.807, 2.05) is 41.9 Å². The molecule has 7 heteroatoms. The Morgan fingerprint density at radius 3 is 2.67 bits per heavy atom. The van der Waals surface area contributed by atoms with E-state index in [9.17, 15) is 9.59 Å².